The van der Waals surface area contributed by atoms with Crippen molar-refractivity contribution in [2.24, 2.45) is 5.92 Å². The molecule has 1 unspecified atom stereocenters. The van der Waals surface area contributed by atoms with E-state index in [0.29, 0.717) is 5.56 Å². The molecule has 6 nitrogen and oxygen atoms in total. The zero-order chi connectivity index (χ0) is 18.7. The van der Waals surface area contributed by atoms with E-state index in [1.165, 1.54) is 0 Å². The van der Waals surface area contributed by atoms with Crippen LogP contribution in [0.4, 0.5) is 0 Å². The van der Waals surface area contributed by atoms with Crippen LogP contribution in [0.5, 0.6) is 5.75 Å². The number of aromatic nitrogens is 3. The molecule has 0 saturated carbocycles. The van der Waals surface area contributed by atoms with Gasteiger partial charge >= 0.3 is 0 Å². The number of hydrogen-bond donors (Lipinski definition) is 1. The molecule has 0 aliphatic rings. The van der Waals surface area contributed by atoms with Crippen molar-refractivity contribution in [1.29, 1.82) is 0 Å². The summed E-state index contributed by atoms with van der Waals surface area (Å²) in [6, 6.07) is 13.2. The molecule has 1 amide bonds. The second-order valence-electron chi connectivity index (χ2n) is 6.58. The van der Waals surface area contributed by atoms with Gasteiger partial charge in [0.2, 0.25) is 0 Å². The molecule has 0 fully saturated rings. The lowest BCUT2D eigenvalue weighted by molar-refractivity contribution is 0.0925. The summed E-state index contributed by atoms with van der Waals surface area (Å²) in [5, 5.41) is 11.4. The van der Waals surface area contributed by atoms with Crippen molar-refractivity contribution in [2.75, 3.05) is 7.11 Å². The lowest BCUT2D eigenvalue weighted by Gasteiger charge is -2.23. The van der Waals surface area contributed by atoms with E-state index in [1.807, 2.05) is 48.0 Å². The molecule has 0 aliphatic heterocycles. The molecule has 1 N–H and O–H groups in total. The monoisotopic (exact) mass is 352 g/mol. The maximum Gasteiger partial charge on any atom is 0.251 e. The van der Waals surface area contributed by atoms with Crippen LogP contribution in [0, 0.1) is 5.92 Å². The van der Waals surface area contributed by atoms with Gasteiger partial charge in [0.05, 0.1) is 18.7 Å². The molecule has 3 aromatic rings. The number of hydrogen-bond acceptors (Lipinski definition) is 4. The third-order valence-electron chi connectivity index (χ3n) is 4.50. The fourth-order valence-corrected chi connectivity index (χ4v) is 3.02. The molecule has 3 rings (SSSR count). The minimum atomic E-state index is -0.118. The summed E-state index contributed by atoms with van der Waals surface area (Å²) < 4.78 is 7.02. The molecule has 1 heterocycles. The number of amides is 1. The highest BCUT2D eigenvalue weighted by atomic mass is 16.5. The van der Waals surface area contributed by atoms with E-state index in [-0.39, 0.29) is 17.9 Å². The summed E-state index contributed by atoms with van der Waals surface area (Å²) in [4.78, 5) is 12.8. The summed E-state index contributed by atoms with van der Waals surface area (Å²) in [5.74, 6) is 0.927. The van der Waals surface area contributed by atoms with Gasteiger partial charge in [0, 0.05) is 12.1 Å². The number of carbonyl (C=O) groups excluding carboxylic acids is 1. The van der Waals surface area contributed by atoms with Crippen LogP contribution in [0.25, 0.3) is 11.0 Å². The average Bonchev–Trinajstić information content (AvgIpc) is 3.08. The number of fused-ring (bicyclic) bond motifs is 1. The Labute approximate surface area is 153 Å². The van der Waals surface area contributed by atoms with Crippen LogP contribution >= 0.6 is 0 Å². The number of aryl methyl sites for hydroxylation is 1. The number of benzene rings is 2. The normalized spacial score (nSPS) is 12.3. The zero-order valence-electron chi connectivity index (χ0n) is 15.6. The van der Waals surface area contributed by atoms with E-state index in [0.717, 1.165) is 28.9 Å². The van der Waals surface area contributed by atoms with E-state index in [2.05, 4.69) is 29.5 Å². The summed E-state index contributed by atoms with van der Waals surface area (Å²) in [5.41, 5.74) is 3.29. The van der Waals surface area contributed by atoms with Gasteiger partial charge in [-0.1, -0.05) is 31.2 Å². The molecule has 136 valence electrons. The van der Waals surface area contributed by atoms with Crippen LogP contribution in [0.3, 0.4) is 0 Å². The standard InChI is InChI=1S/C20H24N4O2/c1-5-24-18-11-8-15(12-17(18)22-23-24)20(25)21-19(13(2)3)14-6-9-16(26-4)10-7-14/h6-13,19H,5H2,1-4H3,(H,21,25). The van der Waals surface area contributed by atoms with Gasteiger partial charge in [-0.3, -0.25) is 4.79 Å². The van der Waals surface area contributed by atoms with Gasteiger partial charge in [-0.05, 0) is 48.7 Å². The minimum absolute atomic E-state index is 0.0876. The Balaban J connectivity index is 1.83. The summed E-state index contributed by atoms with van der Waals surface area (Å²) in [6.45, 7) is 6.93. The fraction of sp³-hybridized carbons (Fsp3) is 0.350. The first-order valence-corrected chi connectivity index (χ1v) is 8.81. The van der Waals surface area contributed by atoms with Crippen molar-refractivity contribution >= 4 is 16.9 Å². The highest BCUT2D eigenvalue weighted by molar-refractivity contribution is 5.97. The minimum Gasteiger partial charge on any atom is -0.497 e. The zero-order valence-corrected chi connectivity index (χ0v) is 15.6. The first kappa shape index (κ1) is 17.9. The van der Waals surface area contributed by atoms with Gasteiger partial charge in [-0.2, -0.15) is 0 Å². The Bertz CT molecular complexity index is 900. The molecule has 0 aliphatic carbocycles. The number of methoxy groups -OCH3 is 1. The van der Waals surface area contributed by atoms with Gasteiger partial charge in [0.15, 0.2) is 0 Å². The predicted octanol–water partition coefficient (Wildman–Crippen LogP) is 3.59. The van der Waals surface area contributed by atoms with E-state index in [9.17, 15) is 4.79 Å². The number of ether oxygens (including phenoxy) is 1. The highest BCUT2D eigenvalue weighted by Gasteiger charge is 2.20. The molecule has 6 heteroatoms. The molecule has 2 aromatic carbocycles. The number of nitrogens with one attached hydrogen (secondary N) is 1. The molecular formula is C20H24N4O2. The van der Waals surface area contributed by atoms with E-state index < -0.39 is 0 Å². The Morgan fingerprint density at radius 3 is 2.54 bits per heavy atom. The number of rotatable bonds is 6. The number of nitrogens with zero attached hydrogens (tertiary/aromatic N) is 3. The molecule has 1 aromatic heterocycles. The van der Waals surface area contributed by atoms with Gasteiger partial charge in [-0.25, -0.2) is 4.68 Å². The van der Waals surface area contributed by atoms with Crippen LogP contribution in [-0.2, 0) is 6.54 Å². The van der Waals surface area contributed by atoms with Crippen molar-refractivity contribution in [2.45, 2.75) is 33.4 Å². The van der Waals surface area contributed by atoms with Crippen LogP contribution < -0.4 is 10.1 Å². The molecule has 0 bridgehead atoms. The topological polar surface area (TPSA) is 69.0 Å². The second-order valence-corrected chi connectivity index (χ2v) is 6.58. The van der Waals surface area contributed by atoms with Gasteiger partial charge < -0.3 is 10.1 Å². The Hall–Kier alpha value is -2.89. The van der Waals surface area contributed by atoms with Gasteiger partial charge in [0.1, 0.15) is 11.3 Å². The van der Waals surface area contributed by atoms with Crippen LogP contribution in [0.2, 0.25) is 0 Å². The van der Waals surface area contributed by atoms with Crippen molar-refractivity contribution in [3.8, 4) is 5.75 Å². The predicted molar refractivity (Wildman–Crippen MR) is 101 cm³/mol. The highest BCUT2D eigenvalue weighted by Crippen LogP contribution is 2.24. The summed E-state index contributed by atoms with van der Waals surface area (Å²) in [7, 11) is 1.64. The van der Waals surface area contributed by atoms with Gasteiger partial charge in [0.25, 0.3) is 5.91 Å². The quantitative estimate of drug-likeness (QED) is 0.736. The summed E-state index contributed by atoms with van der Waals surface area (Å²) >= 11 is 0. The fourth-order valence-electron chi connectivity index (χ4n) is 3.02. The molecule has 0 radical (unpaired) electrons. The summed E-state index contributed by atoms with van der Waals surface area (Å²) in [6.07, 6.45) is 0. The largest absolute Gasteiger partial charge is 0.497 e. The first-order chi connectivity index (χ1) is 12.5. The van der Waals surface area contributed by atoms with Crippen molar-refractivity contribution < 1.29 is 9.53 Å². The second kappa shape index (κ2) is 7.56. The van der Waals surface area contributed by atoms with E-state index in [1.54, 1.807) is 13.2 Å². The maximum atomic E-state index is 12.8. The first-order valence-electron chi connectivity index (χ1n) is 8.81. The van der Waals surface area contributed by atoms with Crippen molar-refractivity contribution in [3.63, 3.8) is 0 Å². The van der Waals surface area contributed by atoms with Crippen molar-refractivity contribution in [1.82, 2.24) is 20.3 Å². The van der Waals surface area contributed by atoms with E-state index in [4.69, 9.17) is 4.74 Å². The van der Waals surface area contributed by atoms with Crippen LogP contribution in [0.1, 0.15) is 42.7 Å². The molecule has 0 saturated heterocycles. The van der Waals surface area contributed by atoms with Gasteiger partial charge in [-0.15, -0.1) is 5.10 Å². The SMILES string of the molecule is CCn1nnc2cc(C(=O)NC(c3ccc(OC)cc3)C(C)C)ccc21. The lowest BCUT2D eigenvalue weighted by atomic mass is 9.95. The Morgan fingerprint density at radius 1 is 1.19 bits per heavy atom. The maximum absolute atomic E-state index is 12.8. The third kappa shape index (κ3) is 3.54. The molecular weight excluding hydrogens is 328 g/mol. The Kier molecular flexibility index (Phi) is 5.21. The smallest absolute Gasteiger partial charge is 0.251 e. The molecule has 26 heavy (non-hydrogen) atoms. The van der Waals surface area contributed by atoms with Crippen LogP contribution in [0.15, 0.2) is 42.5 Å². The third-order valence-corrected chi connectivity index (χ3v) is 4.50. The van der Waals surface area contributed by atoms with Crippen molar-refractivity contribution in [3.05, 3.63) is 53.6 Å². The average molecular weight is 352 g/mol. The molecule has 1 atom stereocenters. The number of carbonyl (C=O) groups is 1. The van der Waals surface area contributed by atoms with Crippen LogP contribution in [-0.4, -0.2) is 28.0 Å². The Morgan fingerprint density at radius 2 is 1.92 bits per heavy atom. The van der Waals surface area contributed by atoms with E-state index >= 15 is 0 Å². The lowest BCUT2D eigenvalue weighted by Crippen LogP contribution is -2.31. The molecule has 0 spiro atoms.